The Morgan fingerprint density at radius 1 is 1.35 bits per heavy atom. The zero-order valence-electron chi connectivity index (χ0n) is 10.4. The summed E-state index contributed by atoms with van der Waals surface area (Å²) in [6, 6.07) is 5.91. The minimum absolute atomic E-state index is 0.00181. The standard InChI is InChI=1S/C14H16N2O/c1-4-16-8-7-15-14(16)13(17)12-9-10(2)5-6-11(12)3/h5-9H,4H2,1-3H3. The van der Waals surface area contributed by atoms with E-state index in [0.717, 1.165) is 23.2 Å². The average molecular weight is 228 g/mol. The van der Waals surface area contributed by atoms with E-state index in [-0.39, 0.29) is 5.78 Å². The van der Waals surface area contributed by atoms with Crippen LogP contribution in [0.4, 0.5) is 0 Å². The molecule has 1 heterocycles. The summed E-state index contributed by atoms with van der Waals surface area (Å²) in [5.74, 6) is 0.513. The normalized spacial score (nSPS) is 10.5. The van der Waals surface area contributed by atoms with Crippen molar-refractivity contribution in [1.82, 2.24) is 9.55 Å². The molecule has 0 aliphatic heterocycles. The first-order valence-electron chi connectivity index (χ1n) is 5.76. The number of benzene rings is 1. The fourth-order valence-corrected chi connectivity index (χ4v) is 1.87. The zero-order valence-corrected chi connectivity index (χ0v) is 10.4. The van der Waals surface area contributed by atoms with Gasteiger partial charge < -0.3 is 4.57 Å². The average Bonchev–Trinajstić information content (AvgIpc) is 2.79. The van der Waals surface area contributed by atoms with E-state index in [1.165, 1.54) is 0 Å². The molecule has 88 valence electrons. The van der Waals surface area contributed by atoms with Gasteiger partial charge in [0.1, 0.15) is 0 Å². The van der Waals surface area contributed by atoms with Crippen molar-refractivity contribution < 1.29 is 4.79 Å². The molecule has 2 rings (SSSR count). The van der Waals surface area contributed by atoms with Crippen LogP contribution in [-0.4, -0.2) is 15.3 Å². The number of carbonyl (C=O) groups is 1. The van der Waals surface area contributed by atoms with Gasteiger partial charge in [-0.05, 0) is 32.4 Å². The van der Waals surface area contributed by atoms with E-state index < -0.39 is 0 Å². The quantitative estimate of drug-likeness (QED) is 0.757. The molecule has 1 aromatic heterocycles. The Kier molecular flexibility index (Phi) is 3.09. The summed E-state index contributed by atoms with van der Waals surface area (Å²) >= 11 is 0. The summed E-state index contributed by atoms with van der Waals surface area (Å²) in [7, 11) is 0. The smallest absolute Gasteiger partial charge is 0.228 e. The molecule has 0 saturated heterocycles. The fraction of sp³-hybridized carbons (Fsp3) is 0.286. The molecule has 0 atom stereocenters. The highest BCUT2D eigenvalue weighted by molar-refractivity contribution is 6.07. The van der Waals surface area contributed by atoms with E-state index in [0.29, 0.717) is 5.82 Å². The van der Waals surface area contributed by atoms with E-state index in [4.69, 9.17) is 0 Å². The summed E-state index contributed by atoms with van der Waals surface area (Å²) in [6.07, 6.45) is 3.50. The van der Waals surface area contributed by atoms with Gasteiger partial charge in [-0.15, -0.1) is 0 Å². The van der Waals surface area contributed by atoms with Crippen molar-refractivity contribution in [3.8, 4) is 0 Å². The molecule has 1 aromatic carbocycles. The minimum atomic E-state index is -0.00181. The number of aromatic nitrogens is 2. The Morgan fingerprint density at radius 2 is 2.12 bits per heavy atom. The number of carbonyl (C=O) groups excluding carboxylic acids is 1. The molecule has 3 heteroatoms. The molecule has 0 amide bonds. The molecule has 0 radical (unpaired) electrons. The first kappa shape index (κ1) is 11.6. The molecule has 0 spiro atoms. The highest BCUT2D eigenvalue weighted by Gasteiger charge is 2.16. The zero-order chi connectivity index (χ0) is 12.4. The van der Waals surface area contributed by atoms with Gasteiger partial charge in [0.25, 0.3) is 0 Å². The van der Waals surface area contributed by atoms with Gasteiger partial charge in [0.05, 0.1) is 0 Å². The SMILES string of the molecule is CCn1ccnc1C(=O)c1cc(C)ccc1C. The Hall–Kier alpha value is -1.90. The molecule has 0 aliphatic rings. The fourth-order valence-electron chi connectivity index (χ4n) is 1.87. The van der Waals surface area contributed by atoms with E-state index in [1.807, 2.05) is 49.7 Å². The van der Waals surface area contributed by atoms with Crippen molar-refractivity contribution in [3.63, 3.8) is 0 Å². The third kappa shape index (κ3) is 2.13. The largest absolute Gasteiger partial charge is 0.328 e. The van der Waals surface area contributed by atoms with E-state index in [9.17, 15) is 4.79 Å². The number of imidazole rings is 1. The number of aryl methyl sites for hydroxylation is 3. The minimum Gasteiger partial charge on any atom is -0.328 e. The lowest BCUT2D eigenvalue weighted by molar-refractivity contribution is 0.102. The van der Waals surface area contributed by atoms with Gasteiger partial charge in [-0.1, -0.05) is 17.7 Å². The number of nitrogens with zero attached hydrogens (tertiary/aromatic N) is 2. The molecule has 0 saturated carbocycles. The van der Waals surface area contributed by atoms with E-state index >= 15 is 0 Å². The van der Waals surface area contributed by atoms with Crippen LogP contribution >= 0.6 is 0 Å². The number of ketones is 1. The maximum atomic E-state index is 12.4. The van der Waals surface area contributed by atoms with Crippen molar-refractivity contribution >= 4 is 5.78 Å². The molecule has 0 unspecified atom stereocenters. The van der Waals surface area contributed by atoms with Crippen LogP contribution in [0, 0.1) is 13.8 Å². The summed E-state index contributed by atoms with van der Waals surface area (Å²) in [4.78, 5) is 16.5. The van der Waals surface area contributed by atoms with Crippen molar-refractivity contribution in [2.24, 2.45) is 0 Å². The molecule has 0 aliphatic carbocycles. The van der Waals surface area contributed by atoms with Crippen LogP contribution in [0.5, 0.6) is 0 Å². The number of hydrogen-bond acceptors (Lipinski definition) is 2. The predicted octanol–water partition coefficient (Wildman–Crippen LogP) is 2.75. The van der Waals surface area contributed by atoms with Crippen LogP contribution in [0.15, 0.2) is 30.6 Å². The highest BCUT2D eigenvalue weighted by Crippen LogP contribution is 2.15. The molecule has 0 bridgehead atoms. The summed E-state index contributed by atoms with van der Waals surface area (Å²) < 4.78 is 1.87. The Balaban J connectivity index is 2.47. The van der Waals surface area contributed by atoms with Crippen molar-refractivity contribution in [2.45, 2.75) is 27.3 Å². The Morgan fingerprint density at radius 3 is 2.82 bits per heavy atom. The van der Waals surface area contributed by atoms with Crippen LogP contribution in [0.1, 0.15) is 34.2 Å². The second kappa shape index (κ2) is 4.53. The lowest BCUT2D eigenvalue weighted by Crippen LogP contribution is -2.11. The monoisotopic (exact) mass is 228 g/mol. The summed E-state index contributed by atoms with van der Waals surface area (Å²) in [5.41, 5.74) is 2.82. The molecule has 3 nitrogen and oxygen atoms in total. The van der Waals surface area contributed by atoms with Crippen LogP contribution in [0.3, 0.4) is 0 Å². The van der Waals surface area contributed by atoms with Gasteiger partial charge >= 0.3 is 0 Å². The third-order valence-electron chi connectivity index (χ3n) is 2.90. The molecule has 0 N–H and O–H groups in total. The third-order valence-corrected chi connectivity index (χ3v) is 2.90. The van der Waals surface area contributed by atoms with E-state index in [2.05, 4.69) is 4.98 Å². The second-order valence-corrected chi connectivity index (χ2v) is 4.18. The van der Waals surface area contributed by atoms with Gasteiger partial charge in [0.15, 0.2) is 5.82 Å². The van der Waals surface area contributed by atoms with Crippen LogP contribution in [0.2, 0.25) is 0 Å². The Labute approximate surface area is 101 Å². The van der Waals surface area contributed by atoms with E-state index in [1.54, 1.807) is 6.20 Å². The van der Waals surface area contributed by atoms with Gasteiger partial charge in [-0.25, -0.2) is 4.98 Å². The highest BCUT2D eigenvalue weighted by atomic mass is 16.1. The number of hydrogen-bond donors (Lipinski definition) is 0. The topological polar surface area (TPSA) is 34.9 Å². The summed E-state index contributed by atoms with van der Waals surface area (Å²) in [5, 5.41) is 0. The van der Waals surface area contributed by atoms with Gasteiger partial charge in [0, 0.05) is 24.5 Å². The molecule has 0 fully saturated rings. The second-order valence-electron chi connectivity index (χ2n) is 4.18. The number of rotatable bonds is 3. The van der Waals surface area contributed by atoms with Gasteiger partial charge in [-0.2, -0.15) is 0 Å². The van der Waals surface area contributed by atoms with Gasteiger partial charge in [-0.3, -0.25) is 4.79 Å². The first-order valence-corrected chi connectivity index (χ1v) is 5.76. The lowest BCUT2D eigenvalue weighted by atomic mass is 10.0. The maximum absolute atomic E-state index is 12.4. The Bertz CT molecular complexity index is 555. The molecular formula is C14H16N2O. The first-order chi connectivity index (χ1) is 8.13. The molecular weight excluding hydrogens is 212 g/mol. The predicted molar refractivity (Wildman–Crippen MR) is 67.2 cm³/mol. The van der Waals surface area contributed by atoms with Crippen molar-refractivity contribution in [3.05, 3.63) is 53.1 Å². The van der Waals surface area contributed by atoms with Crippen molar-refractivity contribution in [1.29, 1.82) is 0 Å². The van der Waals surface area contributed by atoms with Crippen LogP contribution in [0.25, 0.3) is 0 Å². The van der Waals surface area contributed by atoms with Gasteiger partial charge in [0.2, 0.25) is 5.78 Å². The molecule has 17 heavy (non-hydrogen) atoms. The van der Waals surface area contributed by atoms with Crippen LogP contribution < -0.4 is 0 Å². The summed E-state index contributed by atoms with van der Waals surface area (Å²) in [6.45, 7) is 6.70. The van der Waals surface area contributed by atoms with Crippen molar-refractivity contribution in [2.75, 3.05) is 0 Å². The molecule has 2 aromatic rings. The maximum Gasteiger partial charge on any atom is 0.228 e. The lowest BCUT2D eigenvalue weighted by Gasteiger charge is -2.07. The van der Waals surface area contributed by atoms with Crippen LogP contribution in [-0.2, 0) is 6.54 Å².